The maximum Gasteiger partial charge on any atom is 0.232 e. The van der Waals surface area contributed by atoms with Gasteiger partial charge >= 0.3 is 0 Å². The number of hydrogen-bond acceptors (Lipinski definition) is 8. The van der Waals surface area contributed by atoms with Crippen molar-refractivity contribution in [2.45, 2.75) is 43.4 Å². The highest BCUT2D eigenvalue weighted by atomic mass is 32.2. The van der Waals surface area contributed by atoms with Crippen LogP contribution in [0.15, 0.2) is 51.3 Å². The van der Waals surface area contributed by atoms with Crippen molar-refractivity contribution in [2.24, 2.45) is 5.92 Å². The van der Waals surface area contributed by atoms with Gasteiger partial charge in [0.15, 0.2) is 10.3 Å². The van der Waals surface area contributed by atoms with E-state index in [4.69, 9.17) is 21.6 Å². The summed E-state index contributed by atoms with van der Waals surface area (Å²) in [6, 6.07) is 7.63. The molecule has 0 aromatic carbocycles. The summed E-state index contributed by atoms with van der Waals surface area (Å²) in [5.41, 5.74) is 0. The Morgan fingerprint density at radius 2 is 2.00 bits per heavy atom. The largest absolute Gasteiger partial charge is 0.465 e. The zero-order chi connectivity index (χ0) is 21.6. The molecule has 1 aliphatic rings. The summed E-state index contributed by atoms with van der Waals surface area (Å²) in [7, 11) is 0. The van der Waals surface area contributed by atoms with E-state index in [1.165, 1.54) is 11.8 Å². The molecule has 0 radical (unpaired) electrons. The Kier molecular flexibility index (Phi) is 6.98. The summed E-state index contributed by atoms with van der Waals surface area (Å²) in [6.45, 7) is 6.65. The lowest BCUT2D eigenvalue weighted by Gasteiger charge is -2.31. The molecule has 1 saturated heterocycles. The van der Waals surface area contributed by atoms with Gasteiger partial charge in [0.1, 0.15) is 22.4 Å². The monoisotopic (exact) mass is 455 g/mol. The van der Waals surface area contributed by atoms with Crippen LogP contribution < -0.4 is 15.5 Å². The second-order valence-corrected chi connectivity index (χ2v) is 8.91. The molecule has 162 valence electrons. The van der Waals surface area contributed by atoms with Gasteiger partial charge in [-0.1, -0.05) is 6.92 Å². The van der Waals surface area contributed by atoms with Gasteiger partial charge in [0, 0.05) is 31.5 Å². The van der Waals surface area contributed by atoms with Crippen LogP contribution in [0.3, 0.4) is 0 Å². The fraction of sp³-hybridized carbons (Fsp3) is 0.381. The van der Waals surface area contributed by atoms with Crippen molar-refractivity contribution in [3.63, 3.8) is 0 Å². The van der Waals surface area contributed by atoms with Crippen molar-refractivity contribution < 1.29 is 4.42 Å². The highest BCUT2D eigenvalue weighted by molar-refractivity contribution is 7.99. The number of thiocarbonyl (C=S) groups is 1. The molecule has 3 aromatic heterocycles. The van der Waals surface area contributed by atoms with E-state index >= 15 is 0 Å². The van der Waals surface area contributed by atoms with E-state index in [9.17, 15) is 0 Å². The van der Waals surface area contributed by atoms with Gasteiger partial charge in [0.2, 0.25) is 5.95 Å². The fourth-order valence-corrected chi connectivity index (χ4v) is 4.12. The van der Waals surface area contributed by atoms with Crippen LogP contribution in [0.4, 0.5) is 11.8 Å². The van der Waals surface area contributed by atoms with Gasteiger partial charge in [-0.05, 0) is 67.9 Å². The molecule has 0 spiro atoms. The molecule has 4 heterocycles. The maximum atomic E-state index is 5.57. The van der Waals surface area contributed by atoms with Gasteiger partial charge < -0.3 is 20.0 Å². The molecule has 0 unspecified atom stereocenters. The van der Waals surface area contributed by atoms with Crippen molar-refractivity contribution in [2.75, 3.05) is 23.3 Å². The van der Waals surface area contributed by atoms with E-state index in [0.29, 0.717) is 22.8 Å². The van der Waals surface area contributed by atoms with Crippen LogP contribution in [0.25, 0.3) is 0 Å². The summed E-state index contributed by atoms with van der Waals surface area (Å²) >= 11 is 6.84. The fourth-order valence-electron chi connectivity index (χ4n) is 3.25. The van der Waals surface area contributed by atoms with Crippen LogP contribution in [-0.2, 0) is 6.54 Å². The van der Waals surface area contributed by atoms with Crippen LogP contribution in [0.1, 0.15) is 31.3 Å². The zero-order valence-electron chi connectivity index (χ0n) is 17.5. The Morgan fingerprint density at radius 3 is 2.71 bits per heavy atom. The highest BCUT2D eigenvalue weighted by Gasteiger charge is 2.19. The Hall–Kier alpha value is -2.72. The van der Waals surface area contributed by atoms with Gasteiger partial charge in [-0.25, -0.2) is 15.0 Å². The second kappa shape index (κ2) is 10.1. The molecule has 0 amide bonds. The number of hydrogen-bond donors (Lipinski definition) is 2. The quantitative estimate of drug-likeness (QED) is 0.322. The van der Waals surface area contributed by atoms with Gasteiger partial charge in [-0.15, -0.1) is 0 Å². The van der Waals surface area contributed by atoms with Gasteiger partial charge in [-0.3, -0.25) is 0 Å². The van der Waals surface area contributed by atoms with Crippen molar-refractivity contribution in [1.82, 2.24) is 25.3 Å². The molecule has 4 rings (SSSR count). The average Bonchev–Trinajstić information content (AvgIpc) is 3.18. The van der Waals surface area contributed by atoms with Crippen LogP contribution >= 0.6 is 24.0 Å². The topological polar surface area (TPSA) is 92.0 Å². The van der Waals surface area contributed by atoms with E-state index in [0.717, 1.165) is 54.2 Å². The van der Waals surface area contributed by atoms with E-state index in [-0.39, 0.29) is 0 Å². The zero-order valence-corrected chi connectivity index (χ0v) is 19.2. The molecule has 0 saturated carbocycles. The van der Waals surface area contributed by atoms with Gasteiger partial charge in [0.25, 0.3) is 0 Å². The second-order valence-electron chi connectivity index (χ2n) is 7.51. The summed E-state index contributed by atoms with van der Waals surface area (Å²) in [4.78, 5) is 20.2. The van der Waals surface area contributed by atoms with Crippen LogP contribution in [0.2, 0.25) is 0 Å². The Bertz CT molecular complexity index is 1020. The number of nitrogens with zero attached hydrogens (tertiary/aromatic N) is 5. The van der Waals surface area contributed by atoms with E-state index in [1.807, 2.05) is 25.1 Å². The first-order valence-electron chi connectivity index (χ1n) is 10.2. The van der Waals surface area contributed by atoms with E-state index in [1.54, 1.807) is 18.5 Å². The molecule has 0 bridgehead atoms. The summed E-state index contributed by atoms with van der Waals surface area (Å²) in [5.74, 6) is 3.75. The number of nitrogens with one attached hydrogen (secondary N) is 2. The number of piperidine rings is 1. The minimum absolute atomic E-state index is 0.436. The summed E-state index contributed by atoms with van der Waals surface area (Å²) < 4.78 is 5.57. The summed E-state index contributed by atoms with van der Waals surface area (Å²) in [6.07, 6.45) is 5.75. The predicted molar refractivity (Wildman–Crippen MR) is 125 cm³/mol. The van der Waals surface area contributed by atoms with Crippen molar-refractivity contribution in [3.05, 3.63) is 48.2 Å². The first kappa shape index (κ1) is 21.5. The number of anilines is 2. The lowest BCUT2D eigenvalue weighted by Crippen LogP contribution is -2.34. The van der Waals surface area contributed by atoms with Gasteiger partial charge in [0.05, 0.1) is 6.54 Å². The number of aromatic nitrogens is 4. The first-order chi connectivity index (χ1) is 15.0. The minimum Gasteiger partial charge on any atom is -0.465 e. The third-order valence-corrected chi connectivity index (χ3v) is 6.04. The molecule has 31 heavy (non-hydrogen) atoms. The predicted octanol–water partition coefficient (Wildman–Crippen LogP) is 4.04. The SMILES string of the molecule is Cc1ccc(CNC(=S)Nc2nc(Sc3ncccn3)cc(N3CCC(C)CC3)n2)o1. The molecule has 1 fully saturated rings. The standard InChI is InChI=1S/C21H25N7OS2/c1-14-6-10-28(11-7-14)17-12-18(31-21-22-8-3-9-23-21)26-19(25-17)27-20(30)24-13-16-5-4-15(2)29-16/h3-5,8-9,12,14H,6-7,10-11,13H2,1-2H3,(H2,24,25,26,27,30). The molecule has 3 aromatic rings. The average molecular weight is 456 g/mol. The van der Waals surface area contributed by atoms with Crippen LogP contribution in [0.5, 0.6) is 0 Å². The van der Waals surface area contributed by atoms with Crippen molar-refractivity contribution in [1.29, 1.82) is 0 Å². The Labute approximate surface area is 191 Å². The third kappa shape index (κ3) is 6.14. The normalized spacial score (nSPS) is 14.5. The maximum absolute atomic E-state index is 5.57. The molecule has 0 atom stereocenters. The number of rotatable bonds is 6. The smallest absolute Gasteiger partial charge is 0.232 e. The first-order valence-corrected chi connectivity index (χ1v) is 11.5. The molecule has 2 N–H and O–H groups in total. The lowest BCUT2D eigenvalue weighted by atomic mass is 9.99. The van der Waals surface area contributed by atoms with Gasteiger partial charge in [-0.2, -0.15) is 4.98 Å². The Balaban J connectivity index is 1.49. The third-order valence-electron chi connectivity index (χ3n) is 4.98. The number of aryl methyl sites for hydroxylation is 1. The van der Waals surface area contributed by atoms with Crippen LogP contribution in [0, 0.1) is 12.8 Å². The van der Waals surface area contributed by atoms with Crippen molar-refractivity contribution >= 4 is 40.9 Å². The molecule has 10 heteroatoms. The number of furan rings is 1. The van der Waals surface area contributed by atoms with Crippen molar-refractivity contribution in [3.8, 4) is 0 Å². The van der Waals surface area contributed by atoms with Crippen LogP contribution in [-0.4, -0.2) is 38.1 Å². The molecule has 1 aliphatic heterocycles. The van der Waals surface area contributed by atoms with E-state index in [2.05, 4.69) is 37.4 Å². The lowest BCUT2D eigenvalue weighted by molar-refractivity contribution is 0.436. The Morgan fingerprint density at radius 1 is 1.23 bits per heavy atom. The minimum atomic E-state index is 0.436. The molecular weight excluding hydrogens is 430 g/mol. The molecule has 8 nitrogen and oxygen atoms in total. The molecular formula is C21H25N7OS2. The van der Waals surface area contributed by atoms with E-state index < -0.39 is 0 Å². The molecule has 0 aliphatic carbocycles. The highest BCUT2D eigenvalue weighted by Crippen LogP contribution is 2.28. The summed E-state index contributed by atoms with van der Waals surface area (Å²) in [5, 5.41) is 8.08.